The van der Waals surface area contributed by atoms with Gasteiger partial charge < -0.3 is 42.7 Å². The van der Waals surface area contributed by atoms with Crippen LogP contribution in [0, 0.1) is 0 Å². The quantitative estimate of drug-likeness (QED) is 0.0905. The van der Waals surface area contributed by atoms with Gasteiger partial charge in [-0.15, -0.1) is 0 Å². The Morgan fingerprint density at radius 1 is 0.639 bits per heavy atom. The van der Waals surface area contributed by atoms with Crippen LogP contribution < -0.4 is 30.2 Å². The van der Waals surface area contributed by atoms with Crippen LogP contribution >= 0.6 is 0 Å². The summed E-state index contributed by atoms with van der Waals surface area (Å²) in [5, 5.41) is 20.0. The number of carbonyl (C=O) groups is 2. The average molecular weight is 831 g/mol. The summed E-state index contributed by atoms with van der Waals surface area (Å²) >= 11 is 0. The number of carbonyl (C=O) groups excluding carboxylic acids is 1. The molecule has 2 aromatic heterocycles. The molecule has 316 valence electrons. The van der Waals surface area contributed by atoms with Crippen molar-refractivity contribution in [3.8, 4) is 23.0 Å². The Balaban J connectivity index is 0.000000170. The highest BCUT2D eigenvalue weighted by Crippen LogP contribution is 2.38. The SMILES string of the molecule is CC1(C)Oc2cc3oc(=O)ccc3cc2CC1O.COc1ccc(/C=C/C(=O)O)cc1.COc1ccc(/C=C/C(=O)OC2Cc3cc4ccc(=O)oc4cc3OC2(C)C)cc1. The van der Waals surface area contributed by atoms with Crippen LogP contribution in [0.1, 0.15) is 49.9 Å². The van der Waals surface area contributed by atoms with Gasteiger partial charge in [-0.25, -0.2) is 19.2 Å². The van der Waals surface area contributed by atoms with Crippen molar-refractivity contribution >= 4 is 46.0 Å². The predicted molar refractivity (Wildman–Crippen MR) is 229 cm³/mol. The molecule has 0 fully saturated rings. The Kier molecular flexibility index (Phi) is 13.1. The number of benzene rings is 4. The Morgan fingerprint density at radius 2 is 1.10 bits per heavy atom. The van der Waals surface area contributed by atoms with E-state index < -0.39 is 41.0 Å². The molecule has 2 unspecified atom stereocenters. The van der Waals surface area contributed by atoms with Gasteiger partial charge in [-0.1, -0.05) is 24.3 Å². The Bertz CT molecular complexity index is 2700. The number of esters is 1. The summed E-state index contributed by atoms with van der Waals surface area (Å²) in [5.74, 6) is 1.42. The van der Waals surface area contributed by atoms with E-state index >= 15 is 0 Å². The molecule has 0 bridgehead atoms. The monoisotopic (exact) mass is 830 g/mol. The van der Waals surface area contributed by atoms with Gasteiger partial charge in [0.25, 0.3) is 0 Å². The lowest BCUT2D eigenvalue weighted by molar-refractivity contribution is -0.155. The third kappa shape index (κ3) is 11.1. The molecule has 13 nitrogen and oxygen atoms in total. The summed E-state index contributed by atoms with van der Waals surface area (Å²) in [6, 6.07) is 27.9. The third-order valence-electron chi connectivity index (χ3n) is 10.1. The average Bonchev–Trinajstić information content (AvgIpc) is 3.22. The number of hydrogen-bond acceptors (Lipinski definition) is 12. The zero-order chi connectivity index (χ0) is 43.9. The molecule has 4 heterocycles. The van der Waals surface area contributed by atoms with E-state index in [1.807, 2.05) is 64.1 Å². The second kappa shape index (κ2) is 18.4. The third-order valence-corrected chi connectivity index (χ3v) is 10.1. The van der Waals surface area contributed by atoms with Gasteiger partial charge in [0, 0.05) is 60.0 Å². The molecule has 13 heteroatoms. The largest absolute Gasteiger partial charge is 0.497 e. The second-order valence-corrected chi connectivity index (χ2v) is 15.3. The zero-order valence-electron chi connectivity index (χ0n) is 34.5. The van der Waals surface area contributed by atoms with Crippen molar-refractivity contribution in [1.29, 1.82) is 0 Å². The van der Waals surface area contributed by atoms with Crippen molar-refractivity contribution in [3.05, 3.63) is 152 Å². The number of fused-ring (bicyclic) bond motifs is 4. The molecule has 0 amide bonds. The number of carboxylic acid groups (broad SMARTS) is 1. The molecule has 2 aliphatic rings. The van der Waals surface area contributed by atoms with Crippen molar-refractivity contribution in [1.82, 2.24) is 0 Å². The zero-order valence-corrected chi connectivity index (χ0v) is 34.5. The van der Waals surface area contributed by atoms with E-state index in [2.05, 4.69) is 0 Å². The van der Waals surface area contributed by atoms with Gasteiger partial charge in [0.1, 0.15) is 51.5 Å². The first-order valence-corrected chi connectivity index (χ1v) is 19.3. The maximum Gasteiger partial charge on any atom is 0.336 e. The number of hydrogen-bond donors (Lipinski definition) is 2. The predicted octanol–water partition coefficient (Wildman–Crippen LogP) is 7.80. The summed E-state index contributed by atoms with van der Waals surface area (Å²) in [6.45, 7) is 7.41. The molecule has 2 N–H and O–H groups in total. The summed E-state index contributed by atoms with van der Waals surface area (Å²) < 4.78 is 38.0. The van der Waals surface area contributed by atoms with E-state index in [1.165, 1.54) is 24.3 Å². The van der Waals surface area contributed by atoms with Crippen LogP contribution in [0.25, 0.3) is 34.1 Å². The standard InChI is InChI=1S/C24H22O6.C14H14O4.C10H10O3/c1-24(2)21(29-23(26)10-6-15-4-8-18(27-3)9-5-15)13-17-12-16-7-11-22(25)28-19(16)14-20(17)30-24;1-14(2)12(15)6-9-5-8-3-4-13(16)17-10(8)7-11(9)18-14;1-13-9-5-2-8(3-6-9)4-7-10(11)12/h4-12,14,21H,13H2,1-3H3;3-5,7,12,15H,6H2,1-2H3;2-7H,1H3,(H,11,12)/b10-6+;;7-4+. The van der Waals surface area contributed by atoms with Crippen molar-refractivity contribution < 1.29 is 52.3 Å². The molecular weight excluding hydrogens is 785 g/mol. The van der Waals surface area contributed by atoms with Gasteiger partial charge >= 0.3 is 23.2 Å². The van der Waals surface area contributed by atoms with Gasteiger partial charge in [-0.2, -0.15) is 0 Å². The molecule has 8 rings (SSSR count). The maximum absolute atomic E-state index is 12.4. The number of ether oxygens (including phenoxy) is 5. The van der Waals surface area contributed by atoms with E-state index in [-0.39, 0.29) is 5.63 Å². The molecule has 0 saturated carbocycles. The lowest BCUT2D eigenvalue weighted by Crippen LogP contribution is -2.48. The fourth-order valence-corrected chi connectivity index (χ4v) is 6.52. The maximum atomic E-state index is 12.4. The molecule has 0 saturated heterocycles. The summed E-state index contributed by atoms with van der Waals surface area (Å²) in [7, 11) is 3.19. The number of aliphatic hydroxyl groups excluding tert-OH is 1. The topological polar surface area (TPSA) is 181 Å². The minimum atomic E-state index is -0.948. The number of aliphatic hydroxyl groups is 1. The molecule has 61 heavy (non-hydrogen) atoms. The lowest BCUT2D eigenvalue weighted by atomic mass is 9.90. The van der Waals surface area contributed by atoms with Crippen molar-refractivity contribution in [2.24, 2.45) is 0 Å². The highest BCUT2D eigenvalue weighted by Gasteiger charge is 2.40. The molecule has 0 spiro atoms. The summed E-state index contributed by atoms with van der Waals surface area (Å²) in [4.78, 5) is 45.3. The molecule has 4 aromatic carbocycles. The minimum absolute atomic E-state index is 0.377. The van der Waals surface area contributed by atoms with E-state index in [9.17, 15) is 24.3 Å². The van der Waals surface area contributed by atoms with Crippen LogP contribution in [0.4, 0.5) is 0 Å². The van der Waals surface area contributed by atoms with Crippen LogP contribution in [0.5, 0.6) is 23.0 Å². The van der Waals surface area contributed by atoms with E-state index in [4.69, 9.17) is 37.6 Å². The van der Waals surface area contributed by atoms with Crippen LogP contribution in [-0.2, 0) is 27.2 Å². The number of methoxy groups -OCH3 is 2. The van der Waals surface area contributed by atoms with Gasteiger partial charge in [0.2, 0.25) is 0 Å². The first-order chi connectivity index (χ1) is 29.0. The number of carboxylic acids is 1. The van der Waals surface area contributed by atoms with Crippen molar-refractivity contribution in [2.75, 3.05) is 14.2 Å². The van der Waals surface area contributed by atoms with Crippen molar-refractivity contribution in [2.45, 2.75) is 63.9 Å². The van der Waals surface area contributed by atoms with Gasteiger partial charge in [0.05, 0.1) is 20.3 Å². The Hall–Kier alpha value is -7.12. The van der Waals surface area contributed by atoms with E-state index in [1.54, 1.807) is 68.8 Å². The number of rotatable bonds is 7. The van der Waals surface area contributed by atoms with Crippen LogP contribution in [-0.4, -0.2) is 59.8 Å². The number of aliphatic carboxylic acids is 1. The smallest absolute Gasteiger partial charge is 0.336 e. The first kappa shape index (κ1) is 43.5. The second-order valence-electron chi connectivity index (χ2n) is 15.3. The van der Waals surface area contributed by atoms with Crippen LogP contribution in [0.15, 0.2) is 128 Å². The van der Waals surface area contributed by atoms with Crippen LogP contribution in [0.2, 0.25) is 0 Å². The van der Waals surface area contributed by atoms with Gasteiger partial charge in [-0.05, 0) is 111 Å². The fraction of sp³-hybridized carbons (Fsp3) is 0.250. The molecule has 6 aromatic rings. The Morgan fingerprint density at radius 3 is 1.57 bits per heavy atom. The van der Waals surface area contributed by atoms with E-state index in [0.29, 0.717) is 35.5 Å². The molecule has 2 atom stereocenters. The lowest BCUT2D eigenvalue weighted by Gasteiger charge is -2.39. The first-order valence-electron chi connectivity index (χ1n) is 19.3. The van der Waals surface area contributed by atoms with Crippen molar-refractivity contribution in [3.63, 3.8) is 0 Å². The molecule has 0 aliphatic carbocycles. The van der Waals surface area contributed by atoms with E-state index in [0.717, 1.165) is 50.6 Å². The molecule has 0 radical (unpaired) electrons. The van der Waals surface area contributed by atoms with Gasteiger partial charge in [-0.3, -0.25) is 0 Å². The highest BCUT2D eigenvalue weighted by molar-refractivity contribution is 5.87. The van der Waals surface area contributed by atoms with Gasteiger partial charge in [0.15, 0.2) is 0 Å². The fourth-order valence-electron chi connectivity index (χ4n) is 6.52. The normalized spacial score (nSPS) is 17.0. The molecular formula is C48H46O13. The minimum Gasteiger partial charge on any atom is -0.497 e. The van der Waals surface area contributed by atoms with Crippen LogP contribution in [0.3, 0.4) is 0 Å². The summed E-state index contributed by atoms with van der Waals surface area (Å²) in [5.41, 5.74) is 2.35. The molecule has 2 aliphatic heterocycles. The Labute approximate surface area is 351 Å². The summed E-state index contributed by atoms with van der Waals surface area (Å²) in [6.07, 6.45) is 5.76. The highest BCUT2D eigenvalue weighted by atomic mass is 16.6.